The van der Waals surface area contributed by atoms with E-state index in [1.54, 1.807) is 0 Å². The van der Waals surface area contributed by atoms with Crippen molar-refractivity contribution in [3.63, 3.8) is 0 Å². The third-order valence-corrected chi connectivity index (χ3v) is 5.85. The fourth-order valence-electron chi connectivity index (χ4n) is 2.83. The summed E-state index contributed by atoms with van der Waals surface area (Å²) < 4.78 is 5.82. The molecule has 144 valence electrons. The number of ether oxygens (including phenoxy) is 1. The first-order valence-electron chi connectivity index (χ1n) is 9.14. The van der Waals surface area contributed by atoms with E-state index in [-0.39, 0.29) is 5.91 Å². The summed E-state index contributed by atoms with van der Waals surface area (Å²) in [6.45, 7) is 0.400. The molecule has 0 saturated heterocycles. The second kappa shape index (κ2) is 8.95. The molecule has 0 radical (unpaired) electrons. The van der Waals surface area contributed by atoms with Gasteiger partial charge in [-0.25, -0.2) is 0 Å². The Labute approximate surface area is 178 Å². The highest BCUT2D eigenvalue weighted by atomic mass is 35.5. The van der Waals surface area contributed by atoms with Crippen LogP contribution in [0.4, 0.5) is 0 Å². The Morgan fingerprint density at radius 2 is 1.52 bits per heavy atom. The Balaban J connectivity index is 1.40. The minimum Gasteiger partial charge on any atom is -0.457 e. The molecule has 4 rings (SSSR count). The quantitative estimate of drug-likeness (QED) is 0.373. The van der Waals surface area contributed by atoms with Crippen molar-refractivity contribution in [1.82, 2.24) is 5.32 Å². The van der Waals surface area contributed by atoms with Gasteiger partial charge >= 0.3 is 0 Å². The Morgan fingerprint density at radius 3 is 2.28 bits per heavy atom. The molecular weight excluding hydrogens is 402 g/mol. The van der Waals surface area contributed by atoms with Gasteiger partial charge in [-0.05, 0) is 65.7 Å². The fourth-order valence-corrected chi connectivity index (χ4v) is 3.96. The van der Waals surface area contributed by atoms with Crippen LogP contribution in [-0.2, 0) is 6.54 Å². The van der Waals surface area contributed by atoms with Crippen LogP contribution < -0.4 is 10.1 Å². The molecule has 1 N–H and O–H groups in total. The molecule has 29 heavy (non-hydrogen) atoms. The number of nitrogens with one attached hydrogen (secondary N) is 1. The maximum absolute atomic E-state index is 12.5. The van der Waals surface area contributed by atoms with Gasteiger partial charge < -0.3 is 10.1 Å². The number of carbonyl (C=O) groups excluding carboxylic acids is 1. The molecular formula is C24H18ClNO2S. The zero-order valence-electron chi connectivity index (χ0n) is 15.5. The van der Waals surface area contributed by atoms with E-state index in [4.69, 9.17) is 16.3 Å². The summed E-state index contributed by atoms with van der Waals surface area (Å²) in [5.41, 5.74) is 1.94. The zero-order valence-corrected chi connectivity index (χ0v) is 17.0. The number of halogens is 1. The molecule has 0 atom stereocenters. The van der Waals surface area contributed by atoms with Crippen LogP contribution in [0.25, 0.3) is 10.4 Å². The number of rotatable bonds is 6. The predicted molar refractivity (Wildman–Crippen MR) is 119 cm³/mol. The first-order valence-corrected chi connectivity index (χ1v) is 10.3. The number of hydrogen-bond acceptors (Lipinski definition) is 3. The second-order valence-corrected chi connectivity index (χ2v) is 7.87. The molecule has 0 aliphatic heterocycles. The van der Waals surface area contributed by atoms with E-state index in [0.717, 1.165) is 27.5 Å². The van der Waals surface area contributed by atoms with E-state index < -0.39 is 0 Å². The maximum Gasteiger partial charge on any atom is 0.261 e. The van der Waals surface area contributed by atoms with Crippen LogP contribution in [0.3, 0.4) is 0 Å². The average molecular weight is 420 g/mol. The summed E-state index contributed by atoms with van der Waals surface area (Å²) >= 11 is 7.60. The Kier molecular flexibility index (Phi) is 5.94. The summed E-state index contributed by atoms with van der Waals surface area (Å²) in [6.07, 6.45) is 0. The highest BCUT2D eigenvalue weighted by Crippen LogP contribution is 2.30. The van der Waals surface area contributed by atoms with Crippen molar-refractivity contribution in [2.24, 2.45) is 0 Å². The van der Waals surface area contributed by atoms with Gasteiger partial charge in [-0.2, -0.15) is 0 Å². The summed E-state index contributed by atoms with van der Waals surface area (Å²) in [4.78, 5) is 14.2. The topological polar surface area (TPSA) is 38.3 Å². The molecule has 4 aromatic rings. The van der Waals surface area contributed by atoms with Crippen LogP contribution in [0.15, 0.2) is 91.0 Å². The van der Waals surface area contributed by atoms with Gasteiger partial charge in [-0.15, -0.1) is 11.3 Å². The Hall–Kier alpha value is -3.08. The summed E-state index contributed by atoms with van der Waals surface area (Å²) in [5, 5.41) is 3.57. The normalized spacial score (nSPS) is 10.5. The molecule has 0 saturated carbocycles. The van der Waals surface area contributed by atoms with Gasteiger partial charge in [0.15, 0.2) is 0 Å². The number of hydrogen-bond donors (Lipinski definition) is 1. The van der Waals surface area contributed by atoms with E-state index in [0.29, 0.717) is 16.4 Å². The van der Waals surface area contributed by atoms with Gasteiger partial charge in [0.2, 0.25) is 0 Å². The minimum absolute atomic E-state index is 0.106. The zero-order chi connectivity index (χ0) is 20.1. The molecule has 0 unspecified atom stereocenters. The molecule has 0 aliphatic carbocycles. The van der Waals surface area contributed by atoms with Crippen LogP contribution in [-0.4, -0.2) is 5.91 Å². The van der Waals surface area contributed by atoms with Crippen molar-refractivity contribution in [2.75, 3.05) is 0 Å². The van der Waals surface area contributed by atoms with Crippen molar-refractivity contribution in [3.8, 4) is 21.9 Å². The molecule has 0 bridgehead atoms. The van der Waals surface area contributed by atoms with Gasteiger partial charge in [0, 0.05) is 16.4 Å². The number of benzene rings is 3. The highest BCUT2D eigenvalue weighted by molar-refractivity contribution is 7.17. The van der Waals surface area contributed by atoms with E-state index >= 15 is 0 Å². The lowest BCUT2D eigenvalue weighted by Gasteiger charge is -2.06. The molecule has 3 nitrogen and oxygen atoms in total. The van der Waals surface area contributed by atoms with Crippen molar-refractivity contribution in [1.29, 1.82) is 0 Å². The monoisotopic (exact) mass is 419 g/mol. The van der Waals surface area contributed by atoms with Gasteiger partial charge in [-0.1, -0.05) is 48.0 Å². The SMILES string of the molecule is O=C(NCc1ccccc1Cl)c1ccc(-c2ccc(Oc3ccccc3)cc2)s1. The number of carbonyl (C=O) groups is 1. The van der Waals surface area contributed by atoms with Gasteiger partial charge in [0.25, 0.3) is 5.91 Å². The van der Waals surface area contributed by atoms with Crippen molar-refractivity contribution < 1.29 is 9.53 Å². The molecule has 0 fully saturated rings. The smallest absolute Gasteiger partial charge is 0.261 e. The highest BCUT2D eigenvalue weighted by Gasteiger charge is 2.11. The molecule has 1 amide bonds. The maximum atomic E-state index is 12.5. The van der Waals surface area contributed by atoms with Gasteiger partial charge in [-0.3, -0.25) is 4.79 Å². The minimum atomic E-state index is -0.106. The molecule has 3 aromatic carbocycles. The number of para-hydroxylation sites is 1. The lowest BCUT2D eigenvalue weighted by molar-refractivity contribution is 0.0955. The first kappa shape index (κ1) is 19.2. The first-order chi connectivity index (χ1) is 14.2. The van der Waals surface area contributed by atoms with Crippen molar-refractivity contribution in [2.45, 2.75) is 6.54 Å². The predicted octanol–water partition coefficient (Wildman–Crippen LogP) is 6.79. The van der Waals surface area contributed by atoms with Gasteiger partial charge in [0.1, 0.15) is 11.5 Å². The molecule has 1 heterocycles. The standard InChI is InChI=1S/C24H18ClNO2S/c25-21-9-5-4-6-18(21)16-26-24(27)23-15-14-22(29-23)17-10-12-20(13-11-17)28-19-7-2-1-3-8-19/h1-15H,16H2,(H,26,27). The second-order valence-electron chi connectivity index (χ2n) is 6.38. The lowest BCUT2D eigenvalue weighted by atomic mass is 10.2. The van der Waals surface area contributed by atoms with Gasteiger partial charge in [0.05, 0.1) is 4.88 Å². The van der Waals surface area contributed by atoms with Crippen LogP contribution in [0.5, 0.6) is 11.5 Å². The van der Waals surface area contributed by atoms with Crippen LogP contribution in [0.1, 0.15) is 15.2 Å². The third kappa shape index (κ3) is 4.86. The van der Waals surface area contributed by atoms with Crippen LogP contribution >= 0.6 is 22.9 Å². The Morgan fingerprint density at radius 1 is 0.828 bits per heavy atom. The number of thiophene rings is 1. The number of amides is 1. The van der Waals surface area contributed by atoms with E-state index in [1.165, 1.54) is 11.3 Å². The largest absolute Gasteiger partial charge is 0.457 e. The molecule has 0 aliphatic rings. The summed E-state index contributed by atoms with van der Waals surface area (Å²) in [7, 11) is 0. The van der Waals surface area contributed by atoms with E-state index in [2.05, 4.69) is 5.32 Å². The average Bonchev–Trinajstić information content (AvgIpc) is 3.25. The summed E-state index contributed by atoms with van der Waals surface area (Å²) in [5.74, 6) is 1.47. The lowest BCUT2D eigenvalue weighted by Crippen LogP contribution is -2.21. The van der Waals surface area contributed by atoms with E-state index in [9.17, 15) is 4.79 Å². The third-order valence-electron chi connectivity index (χ3n) is 4.34. The molecule has 5 heteroatoms. The van der Waals surface area contributed by atoms with Crippen molar-refractivity contribution >= 4 is 28.8 Å². The van der Waals surface area contributed by atoms with Crippen LogP contribution in [0, 0.1) is 0 Å². The van der Waals surface area contributed by atoms with E-state index in [1.807, 2.05) is 91.0 Å². The molecule has 1 aromatic heterocycles. The Bertz CT molecular complexity index is 1110. The molecule has 0 spiro atoms. The summed E-state index contributed by atoms with van der Waals surface area (Å²) in [6, 6.07) is 28.8. The fraction of sp³-hybridized carbons (Fsp3) is 0.0417. The van der Waals surface area contributed by atoms with Crippen LogP contribution in [0.2, 0.25) is 5.02 Å². The van der Waals surface area contributed by atoms with Crippen molar-refractivity contribution in [3.05, 3.63) is 106 Å².